The van der Waals surface area contributed by atoms with Crippen LogP contribution in [0, 0.1) is 22.7 Å². The highest BCUT2D eigenvalue weighted by molar-refractivity contribution is 5.89. The molecule has 0 unspecified atom stereocenters. The van der Waals surface area contributed by atoms with Crippen LogP contribution in [0.1, 0.15) is 17.5 Å². The summed E-state index contributed by atoms with van der Waals surface area (Å²) in [4.78, 5) is 16.5. The number of nitrogens with zero attached hydrogens (tertiary/aromatic N) is 3. The number of carbonyl (C=O) groups is 1. The van der Waals surface area contributed by atoms with Crippen molar-refractivity contribution in [3.05, 3.63) is 53.6 Å². The number of nitriles is 2. The Bertz CT molecular complexity index is 1230. The maximum absolute atomic E-state index is 12.0. The molecule has 3 aromatic rings. The van der Waals surface area contributed by atoms with Crippen molar-refractivity contribution in [1.82, 2.24) is 10.3 Å². The molecule has 9 heteroatoms. The second-order valence-electron chi connectivity index (χ2n) is 6.75. The van der Waals surface area contributed by atoms with E-state index < -0.39 is 0 Å². The second kappa shape index (κ2) is 8.89. The summed E-state index contributed by atoms with van der Waals surface area (Å²) in [7, 11) is 0. The summed E-state index contributed by atoms with van der Waals surface area (Å²) >= 11 is 0. The van der Waals surface area contributed by atoms with Crippen molar-refractivity contribution in [3.63, 3.8) is 0 Å². The van der Waals surface area contributed by atoms with Crippen molar-refractivity contribution in [2.45, 2.75) is 6.42 Å². The minimum Gasteiger partial charge on any atom is -0.454 e. The maximum atomic E-state index is 12.0. The average molecular weight is 414 g/mol. The largest absolute Gasteiger partial charge is 0.454 e. The van der Waals surface area contributed by atoms with Crippen LogP contribution in [-0.2, 0) is 0 Å². The lowest BCUT2D eigenvalue weighted by atomic mass is 10.1. The number of carbonyl (C=O) groups excluding carboxylic acids is 1. The van der Waals surface area contributed by atoms with Crippen molar-refractivity contribution < 1.29 is 14.3 Å². The van der Waals surface area contributed by atoms with E-state index in [0.717, 1.165) is 5.39 Å². The Morgan fingerprint density at radius 3 is 2.71 bits per heavy atom. The van der Waals surface area contributed by atoms with E-state index in [2.05, 4.69) is 27.0 Å². The first-order valence-electron chi connectivity index (χ1n) is 9.59. The quantitative estimate of drug-likeness (QED) is 0.527. The van der Waals surface area contributed by atoms with E-state index in [1.54, 1.807) is 36.4 Å². The lowest BCUT2D eigenvalue weighted by Gasteiger charge is -2.10. The summed E-state index contributed by atoms with van der Waals surface area (Å²) in [6.07, 6.45) is 0.622. The van der Waals surface area contributed by atoms with Gasteiger partial charge >= 0.3 is 6.03 Å². The molecule has 1 aliphatic heterocycles. The molecule has 0 saturated carbocycles. The smallest absolute Gasteiger partial charge is 0.319 e. The predicted molar refractivity (Wildman–Crippen MR) is 114 cm³/mol. The van der Waals surface area contributed by atoms with Gasteiger partial charge in [0.25, 0.3) is 0 Å². The first-order chi connectivity index (χ1) is 15.2. The van der Waals surface area contributed by atoms with Gasteiger partial charge in [-0.3, -0.25) is 0 Å². The van der Waals surface area contributed by atoms with E-state index in [-0.39, 0.29) is 12.8 Å². The fourth-order valence-corrected chi connectivity index (χ4v) is 3.12. The molecule has 154 valence electrons. The third-order valence-corrected chi connectivity index (χ3v) is 4.61. The van der Waals surface area contributed by atoms with Gasteiger partial charge in [0.1, 0.15) is 11.9 Å². The van der Waals surface area contributed by atoms with Crippen molar-refractivity contribution >= 4 is 28.4 Å². The zero-order chi connectivity index (χ0) is 21.6. The number of ether oxygens (including phenoxy) is 2. The van der Waals surface area contributed by atoms with E-state index in [4.69, 9.17) is 14.7 Å². The number of hydrogen-bond acceptors (Lipinski definition) is 7. The summed E-state index contributed by atoms with van der Waals surface area (Å²) in [6, 6.07) is 15.9. The summed E-state index contributed by atoms with van der Waals surface area (Å²) in [5, 5.41) is 27.7. The van der Waals surface area contributed by atoms with E-state index in [9.17, 15) is 10.1 Å². The van der Waals surface area contributed by atoms with Crippen LogP contribution in [0.4, 0.5) is 16.3 Å². The fraction of sp³-hybridized carbons (Fsp3) is 0.182. The number of rotatable bonds is 6. The van der Waals surface area contributed by atoms with Gasteiger partial charge in [-0.15, -0.1) is 0 Å². The number of hydrogen-bond donors (Lipinski definition) is 3. The van der Waals surface area contributed by atoms with Crippen LogP contribution in [-0.4, -0.2) is 30.9 Å². The minimum atomic E-state index is -0.354. The maximum Gasteiger partial charge on any atom is 0.319 e. The van der Waals surface area contributed by atoms with Crippen LogP contribution in [0.2, 0.25) is 0 Å². The van der Waals surface area contributed by atoms with Crippen LogP contribution in [0.3, 0.4) is 0 Å². The van der Waals surface area contributed by atoms with Gasteiger partial charge in [0.15, 0.2) is 11.5 Å². The van der Waals surface area contributed by atoms with Gasteiger partial charge in [-0.25, -0.2) is 9.78 Å². The summed E-state index contributed by atoms with van der Waals surface area (Å²) < 4.78 is 10.8. The van der Waals surface area contributed by atoms with Crippen LogP contribution in [0.5, 0.6) is 11.5 Å². The lowest BCUT2D eigenvalue weighted by molar-refractivity contribution is 0.174. The highest BCUT2D eigenvalue weighted by Crippen LogP contribution is 2.36. The lowest BCUT2D eigenvalue weighted by Crippen LogP contribution is -2.30. The highest BCUT2D eigenvalue weighted by Gasteiger charge is 2.16. The first-order valence-corrected chi connectivity index (χ1v) is 9.59. The third kappa shape index (κ3) is 4.57. The topological polar surface area (TPSA) is 132 Å². The van der Waals surface area contributed by atoms with Crippen molar-refractivity contribution in [3.8, 4) is 23.6 Å². The molecule has 1 aliphatic rings. The zero-order valence-electron chi connectivity index (χ0n) is 16.4. The molecule has 2 heterocycles. The molecule has 0 bridgehead atoms. The number of amides is 2. The fourth-order valence-electron chi connectivity index (χ4n) is 3.12. The normalized spacial score (nSPS) is 11.4. The van der Waals surface area contributed by atoms with E-state index >= 15 is 0 Å². The molecule has 3 N–H and O–H groups in total. The van der Waals surface area contributed by atoms with Gasteiger partial charge in [-0.05, 0) is 36.8 Å². The number of pyridine rings is 1. The van der Waals surface area contributed by atoms with Gasteiger partial charge in [-0.1, -0.05) is 6.07 Å². The number of nitrogens with one attached hydrogen (secondary N) is 3. The van der Waals surface area contributed by atoms with Crippen LogP contribution >= 0.6 is 0 Å². The molecule has 0 fully saturated rings. The standard InChI is InChI=1S/C22H18N6O3/c23-11-14-3-1-4-17(7-14)27-22(29)26-6-2-5-25-21-16(12-24)8-15-9-19-20(31-13-30-19)10-18(15)28-21/h1,3-4,7-10H,2,5-6,13H2,(H,25,28)(H2,26,27,29). The number of anilines is 2. The van der Waals surface area contributed by atoms with E-state index in [0.29, 0.717) is 59.2 Å². The van der Waals surface area contributed by atoms with Crippen LogP contribution in [0.25, 0.3) is 10.9 Å². The Hall–Kier alpha value is -4.50. The molecule has 2 amide bonds. The highest BCUT2D eigenvalue weighted by atomic mass is 16.7. The van der Waals surface area contributed by atoms with Gasteiger partial charge in [0, 0.05) is 30.2 Å². The van der Waals surface area contributed by atoms with Gasteiger partial charge < -0.3 is 25.4 Å². The number of benzene rings is 2. The first kappa shape index (κ1) is 19.8. The molecular weight excluding hydrogens is 396 g/mol. The molecular formula is C22H18N6O3. The molecule has 0 saturated heterocycles. The number of fused-ring (bicyclic) bond motifs is 2. The Morgan fingerprint density at radius 2 is 1.90 bits per heavy atom. The predicted octanol–water partition coefficient (Wildman–Crippen LogP) is 3.33. The zero-order valence-corrected chi connectivity index (χ0v) is 16.4. The average Bonchev–Trinajstić information content (AvgIpc) is 3.24. The number of urea groups is 1. The molecule has 0 radical (unpaired) electrons. The monoisotopic (exact) mass is 414 g/mol. The molecule has 9 nitrogen and oxygen atoms in total. The molecule has 0 spiro atoms. The van der Waals surface area contributed by atoms with Crippen molar-refractivity contribution in [2.75, 3.05) is 30.5 Å². The Balaban J connectivity index is 1.30. The third-order valence-electron chi connectivity index (χ3n) is 4.61. The molecule has 0 atom stereocenters. The second-order valence-corrected chi connectivity index (χ2v) is 6.75. The van der Waals surface area contributed by atoms with E-state index in [1.165, 1.54) is 0 Å². The van der Waals surface area contributed by atoms with Crippen LogP contribution in [0.15, 0.2) is 42.5 Å². The van der Waals surface area contributed by atoms with E-state index in [1.807, 2.05) is 12.1 Å². The molecule has 1 aromatic heterocycles. The summed E-state index contributed by atoms with van der Waals surface area (Å²) in [6.45, 7) is 1.11. The van der Waals surface area contributed by atoms with Crippen molar-refractivity contribution in [2.24, 2.45) is 0 Å². The number of aromatic nitrogens is 1. The summed E-state index contributed by atoms with van der Waals surface area (Å²) in [5.41, 5.74) is 2.15. The molecule has 4 rings (SSSR count). The Kier molecular flexibility index (Phi) is 5.68. The SMILES string of the molecule is N#Cc1cccc(NC(=O)NCCCNc2nc3cc4c(cc3cc2C#N)OCO4)c1. The van der Waals surface area contributed by atoms with Gasteiger partial charge in [-0.2, -0.15) is 10.5 Å². The molecule has 31 heavy (non-hydrogen) atoms. The minimum absolute atomic E-state index is 0.173. The van der Waals surface area contributed by atoms with Gasteiger partial charge in [0.05, 0.1) is 22.7 Å². The summed E-state index contributed by atoms with van der Waals surface area (Å²) in [5.74, 6) is 1.75. The van der Waals surface area contributed by atoms with Gasteiger partial charge in [0.2, 0.25) is 6.79 Å². The van der Waals surface area contributed by atoms with Crippen molar-refractivity contribution in [1.29, 1.82) is 10.5 Å². The Labute approximate surface area is 178 Å². The van der Waals surface area contributed by atoms with Crippen LogP contribution < -0.4 is 25.4 Å². The Morgan fingerprint density at radius 1 is 1.06 bits per heavy atom. The molecule has 0 aliphatic carbocycles. The molecule has 2 aromatic carbocycles.